The minimum Gasteiger partial charge on any atom is -0.387 e. The van der Waals surface area contributed by atoms with Gasteiger partial charge in [0.2, 0.25) is 0 Å². The van der Waals surface area contributed by atoms with E-state index in [0.29, 0.717) is 5.56 Å². The molecule has 1 aromatic heterocycles. The molecule has 0 radical (unpaired) electrons. The predicted molar refractivity (Wildman–Crippen MR) is 112 cm³/mol. The number of carbonyl (C=O) groups excluding carboxylic acids is 1. The lowest BCUT2D eigenvalue weighted by molar-refractivity contribution is 0.102. The van der Waals surface area contributed by atoms with Crippen LogP contribution in [0.1, 0.15) is 15.9 Å². The summed E-state index contributed by atoms with van der Waals surface area (Å²) in [7, 11) is 0. The molecule has 5 heteroatoms. The van der Waals surface area contributed by atoms with E-state index in [0.717, 1.165) is 28.8 Å². The Labute approximate surface area is 162 Å². The van der Waals surface area contributed by atoms with Crippen molar-refractivity contribution in [2.24, 2.45) is 0 Å². The Morgan fingerprint density at radius 3 is 2.39 bits per heavy atom. The van der Waals surface area contributed by atoms with E-state index in [1.807, 2.05) is 60.8 Å². The van der Waals surface area contributed by atoms with Crippen LogP contribution in [-0.2, 0) is 0 Å². The molecule has 28 heavy (non-hydrogen) atoms. The molecule has 138 valence electrons. The molecule has 0 spiro atoms. The summed E-state index contributed by atoms with van der Waals surface area (Å²) in [5, 5.41) is 5.80. The van der Waals surface area contributed by atoms with Gasteiger partial charge >= 0.3 is 0 Å². The molecule has 0 saturated carbocycles. The Kier molecular flexibility index (Phi) is 4.89. The molecule has 4 rings (SSSR count). The van der Waals surface area contributed by atoms with Crippen LogP contribution >= 0.6 is 0 Å². The fourth-order valence-electron chi connectivity index (χ4n) is 3.05. The summed E-state index contributed by atoms with van der Waals surface area (Å²) in [6.45, 7) is 0.723. The fourth-order valence-corrected chi connectivity index (χ4v) is 3.05. The van der Waals surface area contributed by atoms with Crippen molar-refractivity contribution in [1.82, 2.24) is 10.3 Å². The molecule has 5 nitrogen and oxygen atoms in total. The van der Waals surface area contributed by atoms with Gasteiger partial charge in [0, 0.05) is 18.3 Å². The van der Waals surface area contributed by atoms with Crippen molar-refractivity contribution in [2.75, 3.05) is 11.9 Å². The monoisotopic (exact) mass is 369 g/mol. The lowest BCUT2D eigenvalue weighted by Crippen LogP contribution is -2.20. The summed E-state index contributed by atoms with van der Waals surface area (Å²) >= 11 is 0. The number of hydrogen-bond acceptors (Lipinski definition) is 3. The number of anilines is 1. The third-order valence-corrected chi connectivity index (χ3v) is 4.56. The minimum absolute atomic E-state index is 0.225. The molecule has 0 saturated heterocycles. The second-order valence-corrected chi connectivity index (χ2v) is 6.43. The average Bonchev–Trinajstić information content (AvgIpc) is 2.76. The molecule has 0 unspecified atom stereocenters. The van der Waals surface area contributed by atoms with E-state index < -0.39 is 0 Å². The summed E-state index contributed by atoms with van der Waals surface area (Å²) in [6.07, 6.45) is 7.44. The van der Waals surface area contributed by atoms with Crippen molar-refractivity contribution < 1.29 is 4.79 Å². The predicted octanol–water partition coefficient (Wildman–Crippen LogP) is 3.79. The number of carbonyl (C=O) groups is 1. The molecule has 0 bridgehead atoms. The van der Waals surface area contributed by atoms with E-state index in [4.69, 9.17) is 0 Å². The van der Waals surface area contributed by atoms with Gasteiger partial charge in [-0.25, -0.2) is 0 Å². The van der Waals surface area contributed by atoms with E-state index in [1.165, 1.54) is 0 Å². The van der Waals surface area contributed by atoms with E-state index >= 15 is 0 Å². The normalized spacial score (nSPS) is 12.8. The number of pyridine rings is 1. The van der Waals surface area contributed by atoms with E-state index in [-0.39, 0.29) is 17.2 Å². The molecule has 0 atom stereocenters. The average molecular weight is 369 g/mol. The Morgan fingerprint density at radius 2 is 1.68 bits per heavy atom. The third kappa shape index (κ3) is 3.78. The zero-order valence-electron chi connectivity index (χ0n) is 15.1. The number of allylic oxidation sites excluding steroid dienone is 2. The highest BCUT2D eigenvalue weighted by atomic mass is 16.2. The van der Waals surface area contributed by atoms with Crippen LogP contribution in [0.25, 0.3) is 16.7 Å². The summed E-state index contributed by atoms with van der Waals surface area (Å²) in [6, 6.07) is 19.0. The van der Waals surface area contributed by atoms with Crippen molar-refractivity contribution >= 4 is 17.2 Å². The number of rotatable bonds is 4. The summed E-state index contributed by atoms with van der Waals surface area (Å²) in [4.78, 5) is 27.4. The van der Waals surface area contributed by atoms with Crippen LogP contribution < -0.4 is 16.2 Å². The first kappa shape index (κ1) is 17.5. The number of aromatic amines is 1. The van der Waals surface area contributed by atoms with Crippen LogP contribution in [0.5, 0.6) is 0 Å². The highest BCUT2D eigenvalue weighted by Crippen LogP contribution is 2.20. The highest BCUT2D eigenvalue weighted by Gasteiger charge is 2.11. The number of dihydropyridines is 1. The first-order valence-corrected chi connectivity index (χ1v) is 9.01. The van der Waals surface area contributed by atoms with Gasteiger partial charge in [-0.05, 0) is 52.7 Å². The molecular weight excluding hydrogens is 350 g/mol. The Hall–Kier alpha value is -3.86. The molecule has 3 N–H and O–H groups in total. The van der Waals surface area contributed by atoms with E-state index in [2.05, 4.69) is 15.6 Å². The van der Waals surface area contributed by atoms with Crippen molar-refractivity contribution in [1.29, 1.82) is 0 Å². The molecule has 1 aliphatic heterocycles. The van der Waals surface area contributed by atoms with Gasteiger partial charge < -0.3 is 15.6 Å². The first-order chi connectivity index (χ1) is 13.7. The van der Waals surface area contributed by atoms with Crippen LogP contribution in [0.4, 0.5) is 5.69 Å². The minimum atomic E-state index is -0.337. The largest absolute Gasteiger partial charge is 0.387 e. The van der Waals surface area contributed by atoms with Crippen LogP contribution in [0.2, 0.25) is 0 Å². The summed E-state index contributed by atoms with van der Waals surface area (Å²) in [5.41, 5.74) is 4.32. The van der Waals surface area contributed by atoms with Crippen LogP contribution in [0, 0.1) is 0 Å². The maximum absolute atomic E-state index is 12.6. The molecule has 3 aromatic rings. The lowest BCUT2D eigenvalue weighted by atomic mass is 10.0. The van der Waals surface area contributed by atoms with Crippen molar-refractivity contribution in [2.45, 2.75) is 0 Å². The van der Waals surface area contributed by atoms with Gasteiger partial charge in [0.05, 0.1) is 0 Å². The maximum Gasteiger partial charge on any atom is 0.271 e. The molecule has 2 heterocycles. The second kappa shape index (κ2) is 7.80. The lowest BCUT2D eigenvalue weighted by Gasteiger charge is -2.11. The van der Waals surface area contributed by atoms with Gasteiger partial charge in [-0.2, -0.15) is 0 Å². The van der Waals surface area contributed by atoms with E-state index in [9.17, 15) is 9.59 Å². The maximum atomic E-state index is 12.6. The first-order valence-electron chi connectivity index (χ1n) is 9.01. The van der Waals surface area contributed by atoms with Gasteiger partial charge in [-0.1, -0.05) is 48.5 Å². The molecule has 1 aliphatic rings. The van der Waals surface area contributed by atoms with Crippen molar-refractivity contribution in [3.63, 3.8) is 0 Å². The van der Waals surface area contributed by atoms with Gasteiger partial charge in [-0.3, -0.25) is 9.59 Å². The number of amides is 1. The third-order valence-electron chi connectivity index (χ3n) is 4.56. The molecule has 0 fully saturated rings. The highest BCUT2D eigenvalue weighted by molar-refractivity contribution is 6.04. The Morgan fingerprint density at radius 1 is 0.929 bits per heavy atom. The van der Waals surface area contributed by atoms with Crippen molar-refractivity contribution in [3.8, 4) is 11.1 Å². The number of hydrogen-bond donors (Lipinski definition) is 3. The van der Waals surface area contributed by atoms with Crippen LogP contribution in [0.3, 0.4) is 0 Å². The molecule has 0 aliphatic carbocycles. The molecule has 2 aromatic carbocycles. The second-order valence-electron chi connectivity index (χ2n) is 6.43. The SMILES string of the molecule is O=C(Nc1cc(C2=CCNC=C2)c[nH]c1=O)c1ccc(-c2ccccc2)cc1. The van der Waals surface area contributed by atoms with Gasteiger partial charge in [0.15, 0.2) is 0 Å². The Bertz CT molecular complexity index is 1110. The summed E-state index contributed by atoms with van der Waals surface area (Å²) in [5.74, 6) is -0.322. The number of H-pyrrole nitrogens is 1. The van der Waals surface area contributed by atoms with Gasteiger partial charge in [0.25, 0.3) is 11.5 Å². The quantitative estimate of drug-likeness (QED) is 0.655. The number of aromatic nitrogens is 1. The summed E-state index contributed by atoms with van der Waals surface area (Å²) < 4.78 is 0. The molecule has 1 amide bonds. The molecular formula is C23H19N3O2. The van der Waals surface area contributed by atoms with E-state index in [1.54, 1.807) is 24.4 Å². The van der Waals surface area contributed by atoms with Crippen LogP contribution in [-0.4, -0.2) is 17.4 Å². The van der Waals surface area contributed by atoms with Crippen LogP contribution in [0.15, 0.2) is 90.0 Å². The Balaban J connectivity index is 1.54. The zero-order chi connectivity index (χ0) is 19.3. The zero-order valence-corrected chi connectivity index (χ0v) is 15.1. The topological polar surface area (TPSA) is 74.0 Å². The standard InChI is InChI=1S/C23H19N3O2/c27-22(19-8-6-17(7-9-19)16-4-2-1-3-5-16)26-21-14-20(15-25-23(21)28)18-10-12-24-13-11-18/h1-12,14-15,24H,13H2,(H,25,28)(H,26,27). The number of benzene rings is 2. The smallest absolute Gasteiger partial charge is 0.271 e. The van der Waals surface area contributed by atoms with Gasteiger partial charge in [-0.15, -0.1) is 0 Å². The van der Waals surface area contributed by atoms with Gasteiger partial charge in [0.1, 0.15) is 5.69 Å². The number of nitrogens with one attached hydrogen (secondary N) is 3. The van der Waals surface area contributed by atoms with Crippen molar-refractivity contribution in [3.05, 3.63) is 107 Å². The fraction of sp³-hybridized carbons (Fsp3) is 0.0435.